The Bertz CT molecular complexity index is 263. The van der Waals surface area contributed by atoms with Crippen molar-refractivity contribution < 1.29 is 22.8 Å². The van der Waals surface area contributed by atoms with Crippen LogP contribution in [0.15, 0.2) is 12.2 Å². The molecule has 0 amide bonds. The first-order valence-corrected chi connectivity index (χ1v) is 8.75. The van der Waals surface area contributed by atoms with Crippen LogP contribution >= 0.6 is 0 Å². The third-order valence-electron chi connectivity index (χ3n) is 2.22. The van der Waals surface area contributed by atoms with Crippen LogP contribution in [0.4, 0.5) is 0 Å². The Hall–Kier alpha value is -0.693. The summed E-state index contributed by atoms with van der Waals surface area (Å²) in [6.45, 7) is 10.3. The van der Waals surface area contributed by atoms with Gasteiger partial charge in [-0.2, -0.15) is 0 Å². The second-order valence-electron chi connectivity index (χ2n) is 3.92. The van der Waals surface area contributed by atoms with Crippen molar-refractivity contribution in [2.75, 3.05) is 13.2 Å². The van der Waals surface area contributed by atoms with E-state index in [2.05, 4.69) is 0 Å². The van der Waals surface area contributed by atoms with Crippen molar-refractivity contribution in [2.45, 2.75) is 53.4 Å². The Morgan fingerprint density at radius 3 is 2.21 bits per heavy atom. The molecule has 19 heavy (non-hydrogen) atoms. The molecular formula is C13H26O5Si. The van der Waals surface area contributed by atoms with Gasteiger partial charge >= 0.3 is 14.8 Å². The summed E-state index contributed by atoms with van der Waals surface area (Å²) >= 11 is 0. The lowest BCUT2D eigenvalue weighted by molar-refractivity contribution is -0.161. The fourth-order valence-corrected chi connectivity index (χ4v) is 4.35. The lowest BCUT2D eigenvalue weighted by Gasteiger charge is -2.30. The number of hydrogen-bond donors (Lipinski definition) is 0. The summed E-state index contributed by atoms with van der Waals surface area (Å²) in [5.74, 6) is -0.428. The Balaban J connectivity index is 4.63. The van der Waals surface area contributed by atoms with Crippen LogP contribution in [0.2, 0.25) is 6.04 Å². The Morgan fingerprint density at radius 1 is 1.21 bits per heavy atom. The van der Waals surface area contributed by atoms with Gasteiger partial charge in [-0.05, 0) is 27.7 Å². The smallest absolute Gasteiger partial charge is 0.434 e. The second kappa shape index (κ2) is 10.1. The van der Waals surface area contributed by atoms with Gasteiger partial charge < -0.3 is 18.0 Å². The highest BCUT2D eigenvalue weighted by Crippen LogP contribution is 2.20. The maximum absolute atomic E-state index is 11.4. The highest BCUT2D eigenvalue weighted by molar-refractivity contribution is 6.60. The molecule has 0 bridgehead atoms. The summed E-state index contributed by atoms with van der Waals surface area (Å²) in [6.07, 6.45) is 3.18. The van der Waals surface area contributed by atoms with E-state index in [4.69, 9.17) is 18.0 Å². The Kier molecular flexibility index (Phi) is 9.77. The molecular weight excluding hydrogens is 264 g/mol. The van der Waals surface area contributed by atoms with Gasteiger partial charge in [-0.3, -0.25) is 0 Å². The van der Waals surface area contributed by atoms with E-state index in [0.29, 0.717) is 19.3 Å². The van der Waals surface area contributed by atoms with Crippen LogP contribution in [0.3, 0.4) is 0 Å². The third kappa shape index (κ3) is 7.46. The minimum atomic E-state index is -2.75. The summed E-state index contributed by atoms with van der Waals surface area (Å²) in [6, 6.07) is 0.709. The van der Waals surface area contributed by atoms with Crippen LogP contribution in [0.25, 0.3) is 0 Å². The predicted molar refractivity (Wildman–Crippen MR) is 75.6 cm³/mol. The Labute approximate surface area is 117 Å². The Morgan fingerprint density at radius 2 is 1.79 bits per heavy atom. The number of esters is 1. The van der Waals surface area contributed by atoms with Crippen molar-refractivity contribution in [1.82, 2.24) is 0 Å². The topological polar surface area (TPSA) is 54.0 Å². The molecule has 0 saturated carbocycles. The fourth-order valence-electron chi connectivity index (χ4n) is 1.67. The first-order chi connectivity index (χ1) is 9.03. The van der Waals surface area contributed by atoms with Gasteiger partial charge in [-0.15, -0.1) is 0 Å². The zero-order valence-corrected chi connectivity index (χ0v) is 13.6. The first kappa shape index (κ1) is 18.3. The van der Waals surface area contributed by atoms with E-state index in [1.165, 1.54) is 6.08 Å². The number of allylic oxidation sites excluding steroid dienone is 1. The number of ether oxygens (including phenoxy) is 1. The van der Waals surface area contributed by atoms with E-state index >= 15 is 0 Å². The van der Waals surface area contributed by atoms with Crippen LogP contribution in [0.5, 0.6) is 0 Å². The second-order valence-corrected chi connectivity index (χ2v) is 6.60. The summed E-state index contributed by atoms with van der Waals surface area (Å²) in [7, 11) is -2.75. The molecule has 0 aromatic carbocycles. The number of carbonyl (C=O) groups is 1. The van der Waals surface area contributed by atoms with Crippen LogP contribution in [0.1, 0.15) is 41.0 Å². The van der Waals surface area contributed by atoms with E-state index in [-0.39, 0.29) is 0 Å². The SMILES string of the molecule is CC=CC(=O)OC(C)O[Si](CCC)(OCC)OCC. The van der Waals surface area contributed by atoms with Gasteiger partial charge in [0.05, 0.1) is 0 Å². The first-order valence-electron chi connectivity index (χ1n) is 6.82. The van der Waals surface area contributed by atoms with Gasteiger partial charge in [0.1, 0.15) is 0 Å². The van der Waals surface area contributed by atoms with E-state index < -0.39 is 21.1 Å². The molecule has 0 heterocycles. The van der Waals surface area contributed by atoms with Crippen molar-refractivity contribution in [1.29, 1.82) is 0 Å². The van der Waals surface area contributed by atoms with Gasteiger partial charge in [-0.1, -0.05) is 19.4 Å². The zero-order valence-electron chi connectivity index (χ0n) is 12.6. The standard InChI is InChI=1S/C13H26O5Si/c1-6-10-13(14)17-12(5)18-19(11-7-2,15-8-3)16-9-4/h6,10,12H,7-9,11H2,1-5H3. The molecule has 0 aromatic rings. The molecule has 0 rings (SSSR count). The highest BCUT2D eigenvalue weighted by atomic mass is 28.4. The molecule has 0 aliphatic rings. The maximum Gasteiger partial charge on any atom is 0.503 e. The van der Waals surface area contributed by atoms with Crippen LogP contribution in [-0.4, -0.2) is 34.3 Å². The van der Waals surface area contributed by atoms with Gasteiger partial charge in [0, 0.05) is 25.3 Å². The molecule has 0 radical (unpaired) electrons. The molecule has 0 aliphatic carbocycles. The maximum atomic E-state index is 11.4. The fraction of sp³-hybridized carbons (Fsp3) is 0.769. The van der Waals surface area contributed by atoms with Crippen LogP contribution < -0.4 is 0 Å². The summed E-state index contributed by atoms with van der Waals surface area (Å²) in [5, 5.41) is 0. The van der Waals surface area contributed by atoms with Gasteiger partial charge in [-0.25, -0.2) is 4.79 Å². The predicted octanol–water partition coefficient (Wildman–Crippen LogP) is 2.89. The molecule has 5 nitrogen and oxygen atoms in total. The van der Waals surface area contributed by atoms with Crippen molar-refractivity contribution in [3.8, 4) is 0 Å². The molecule has 0 aromatic heterocycles. The molecule has 0 N–H and O–H groups in total. The van der Waals surface area contributed by atoms with E-state index in [1.54, 1.807) is 19.9 Å². The summed E-state index contributed by atoms with van der Waals surface area (Å²) in [4.78, 5) is 11.4. The lowest BCUT2D eigenvalue weighted by Crippen LogP contribution is -2.48. The van der Waals surface area contributed by atoms with Crippen LogP contribution in [0, 0.1) is 0 Å². The number of rotatable bonds is 10. The van der Waals surface area contributed by atoms with Crippen molar-refractivity contribution in [2.24, 2.45) is 0 Å². The van der Waals surface area contributed by atoms with E-state index in [0.717, 1.165) is 6.42 Å². The minimum absolute atomic E-state index is 0.428. The van der Waals surface area contributed by atoms with Gasteiger partial charge in [0.25, 0.3) is 0 Å². The molecule has 1 unspecified atom stereocenters. The largest absolute Gasteiger partial charge is 0.503 e. The van der Waals surface area contributed by atoms with Crippen LogP contribution in [-0.2, 0) is 22.8 Å². The average Bonchev–Trinajstić information content (AvgIpc) is 2.29. The van der Waals surface area contributed by atoms with Gasteiger partial charge in [0.15, 0.2) is 6.29 Å². The summed E-state index contributed by atoms with van der Waals surface area (Å²) < 4.78 is 22.3. The highest BCUT2D eigenvalue weighted by Gasteiger charge is 2.42. The quantitative estimate of drug-likeness (QED) is 0.268. The van der Waals surface area contributed by atoms with E-state index in [1.807, 2.05) is 20.8 Å². The lowest BCUT2D eigenvalue weighted by atomic mass is 10.5. The molecule has 1 atom stereocenters. The molecule has 0 saturated heterocycles. The van der Waals surface area contributed by atoms with Crippen molar-refractivity contribution >= 4 is 14.8 Å². The molecule has 0 fully saturated rings. The molecule has 6 heteroatoms. The molecule has 0 aliphatic heterocycles. The third-order valence-corrected chi connectivity index (χ3v) is 5.48. The zero-order chi connectivity index (χ0) is 14.7. The molecule has 0 spiro atoms. The number of hydrogen-bond acceptors (Lipinski definition) is 5. The minimum Gasteiger partial charge on any atom is -0.434 e. The number of carbonyl (C=O) groups excluding carboxylic acids is 1. The average molecular weight is 290 g/mol. The van der Waals surface area contributed by atoms with E-state index in [9.17, 15) is 4.79 Å². The normalized spacial score (nSPS) is 13.7. The molecule has 112 valence electrons. The van der Waals surface area contributed by atoms with Crippen molar-refractivity contribution in [3.05, 3.63) is 12.2 Å². The van der Waals surface area contributed by atoms with Gasteiger partial charge in [0.2, 0.25) is 0 Å². The summed E-state index contributed by atoms with van der Waals surface area (Å²) in [5.41, 5.74) is 0. The van der Waals surface area contributed by atoms with Crippen molar-refractivity contribution in [3.63, 3.8) is 0 Å². The monoisotopic (exact) mass is 290 g/mol.